The maximum Gasteiger partial charge on any atom is 0.308 e. The average Bonchev–Trinajstić information content (AvgIpc) is 2.69. The normalized spacial score (nSPS) is 20.5. The molecule has 0 aromatic heterocycles. The lowest BCUT2D eigenvalue weighted by molar-refractivity contribution is -0.150. The number of hydrogen-bond donors (Lipinski definition) is 0. The Morgan fingerprint density at radius 3 is 2.30 bits per heavy atom. The molecule has 0 unspecified atom stereocenters. The molecule has 1 heterocycles. The van der Waals surface area contributed by atoms with Gasteiger partial charge in [0.1, 0.15) is 6.61 Å². The van der Waals surface area contributed by atoms with E-state index in [1.54, 1.807) is 16.4 Å². The van der Waals surface area contributed by atoms with E-state index in [0.717, 1.165) is 31.2 Å². The fraction of sp³-hybridized carbons (Fsp3) is 0.650. The molecule has 0 amide bonds. The second kappa shape index (κ2) is 9.17. The maximum absolute atomic E-state index is 12.7. The van der Waals surface area contributed by atoms with Crippen molar-refractivity contribution >= 4 is 16.0 Å². The summed E-state index contributed by atoms with van der Waals surface area (Å²) in [4.78, 5) is 14.6. The second-order valence-electron chi connectivity index (χ2n) is 7.56. The predicted octanol–water partition coefficient (Wildman–Crippen LogP) is 2.42. The van der Waals surface area contributed by atoms with Crippen molar-refractivity contribution in [3.8, 4) is 0 Å². The van der Waals surface area contributed by atoms with Crippen LogP contribution in [0, 0.1) is 12.8 Å². The zero-order valence-electron chi connectivity index (χ0n) is 16.1. The molecule has 150 valence electrons. The van der Waals surface area contributed by atoms with Gasteiger partial charge in [-0.2, -0.15) is 4.31 Å². The summed E-state index contributed by atoms with van der Waals surface area (Å²) in [6.45, 7) is 5.24. The number of esters is 1. The molecule has 1 saturated heterocycles. The molecule has 0 spiro atoms. The lowest BCUT2D eigenvalue weighted by Gasteiger charge is -2.33. The van der Waals surface area contributed by atoms with Crippen molar-refractivity contribution in [3.05, 3.63) is 29.8 Å². The molecular formula is C20H30N2O4S. The summed E-state index contributed by atoms with van der Waals surface area (Å²) in [6, 6.07) is 6.98. The molecule has 1 aliphatic heterocycles. The number of carbonyl (C=O) groups is 1. The van der Waals surface area contributed by atoms with Gasteiger partial charge >= 0.3 is 5.97 Å². The van der Waals surface area contributed by atoms with E-state index in [4.69, 9.17) is 4.74 Å². The highest BCUT2D eigenvalue weighted by atomic mass is 32.2. The summed E-state index contributed by atoms with van der Waals surface area (Å²) >= 11 is 0. The average molecular weight is 395 g/mol. The molecule has 2 aliphatic rings. The van der Waals surface area contributed by atoms with Gasteiger partial charge in [-0.3, -0.25) is 9.69 Å². The molecule has 1 aromatic rings. The monoisotopic (exact) mass is 394 g/mol. The van der Waals surface area contributed by atoms with Crippen LogP contribution >= 0.6 is 0 Å². The molecule has 7 heteroatoms. The van der Waals surface area contributed by atoms with E-state index in [2.05, 4.69) is 4.90 Å². The third-order valence-corrected chi connectivity index (χ3v) is 7.49. The van der Waals surface area contributed by atoms with Crippen LogP contribution in [-0.4, -0.2) is 62.9 Å². The number of nitrogens with zero attached hydrogens (tertiary/aromatic N) is 2. The second-order valence-corrected chi connectivity index (χ2v) is 9.50. The largest absolute Gasteiger partial charge is 0.464 e. The van der Waals surface area contributed by atoms with Crippen LogP contribution in [0.2, 0.25) is 0 Å². The molecule has 1 saturated carbocycles. The van der Waals surface area contributed by atoms with E-state index < -0.39 is 10.0 Å². The van der Waals surface area contributed by atoms with Crippen LogP contribution in [0.25, 0.3) is 0 Å². The first-order valence-electron chi connectivity index (χ1n) is 9.92. The van der Waals surface area contributed by atoms with Crippen LogP contribution < -0.4 is 0 Å². The smallest absolute Gasteiger partial charge is 0.308 e. The highest BCUT2D eigenvalue weighted by Crippen LogP contribution is 2.24. The number of carbonyl (C=O) groups excluding carboxylic acids is 1. The lowest BCUT2D eigenvalue weighted by Crippen LogP contribution is -2.49. The van der Waals surface area contributed by atoms with Crippen molar-refractivity contribution < 1.29 is 17.9 Å². The highest BCUT2D eigenvalue weighted by molar-refractivity contribution is 7.89. The first kappa shape index (κ1) is 20.3. The van der Waals surface area contributed by atoms with Crippen molar-refractivity contribution in [3.63, 3.8) is 0 Å². The summed E-state index contributed by atoms with van der Waals surface area (Å²) in [5.41, 5.74) is 1.04. The predicted molar refractivity (Wildman–Crippen MR) is 104 cm³/mol. The SMILES string of the molecule is Cc1ccc(S(=O)(=O)N2CCN(CCOC(=O)C3CCCCC3)CC2)cc1. The Hall–Kier alpha value is -1.44. The van der Waals surface area contributed by atoms with E-state index in [0.29, 0.717) is 44.2 Å². The minimum Gasteiger partial charge on any atom is -0.464 e. The Bertz CT molecular complexity index is 719. The zero-order chi connectivity index (χ0) is 19.3. The maximum atomic E-state index is 12.7. The van der Waals surface area contributed by atoms with Crippen molar-refractivity contribution in [2.45, 2.75) is 43.9 Å². The van der Waals surface area contributed by atoms with E-state index in [9.17, 15) is 13.2 Å². The summed E-state index contributed by atoms with van der Waals surface area (Å²) in [5, 5.41) is 0. The van der Waals surface area contributed by atoms with Crippen molar-refractivity contribution in [2.24, 2.45) is 5.92 Å². The summed E-state index contributed by atoms with van der Waals surface area (Å²) in [7, 11) is -3.43. The van der Waals surface area contributed by atoms with Gasteiger partial charge in [0.2, 0.25) is 10.0 Å². The third kappa shape index (κ3) is 5.30. The molecule has 1 aliphatic carbocycles. The van der Waals surface area contributed by atoms with Gasteiger partial charge in [0.25, 0.3) is 0 Å². The van der Waals surface area contributed by atoms with Crippen molar-refractivity contribution in [1.82, 2.24) is 9.21 Å². The Labute approximate surface area is 162 Å². The molecule has 3 rings (SSSR count). The van der Waals surface area contributed by atoms with Gasteiger partial charge in [-0.15, -0.1) is 0 Å². The minimum atomic E-state index is -3.43. The molecule has 0 atom stereocenters. The van der Waals surface area contributed by atoms with Crippen molar-refractivity contribution in [2.75, 3.05) is 39.3 Å². The van der Waals surface area contributed by atoms with Crippen LogP contribution in [0.15, 0.2) is 29.2 Å². The molecule has 1 aromatic carbocycles. The Morgan fingerprint density at radius 1 is 1.04 bits per heavy atom. The third-order valence-electron chi connectivity index (χ3n) is 5.58. The van der Waals surface area contributed by atoms with Gasteiger partial charge in [0.05, 0.1) is 10.8 Å². The van der Waals surface area contributed by atoms with E-state index in [-0.39, 0.29) is 11.9 Å². The number of piperazine rings is 1. The number of aryl methyl sites for hydroxylation is 1. The molecular weight excluding hydrogens is 364 g/mol. The van der Waals surface area contributed by atoms with Gasteiger partial charge in [-0.25, -0.2) is 8.42 Å². The number of ether oxygens (including phenoxy) is 1. The summed E-state index contributed by atoms with van der Waals surface area (Å²) in [6.07, 6.45) is 5.37. The molecule has 27 heavy (non-hydrogen) atoms. The van der Waals surface area contributed by atoms with Gasteiger partial charge in [0.15, 0.2) is 0 Å². The summed E-state index contributed by atoms with van der Waals surface area (Å²) in [5.74, 6) is 0.0190. The fourth-order valence-corrected chi connectivity index (χ4v) is 5.21. The molecule has 0 radical (unpaired) electrons. The van der Waals surface area contributed by atoms with E-state index in [1.165, 1.54) is 6.42 Å². The Kier molecular flexibility index (Phi) is 6.89. The molecule has 6 nitrogen and oxygen atoms in total. The Balaban J connectivity index is 1.42. The lowest BCUT2D eigenvalue weighted by atomic mass is 9.89. The standard InChI is InChI=1S/C20H30N2O4S/c1-17-7-9-19(10-8-17)27(24,25)22-13-11-21(12-14-22)15-16-26-20(23)18-5-3-2-4-6-18/h7-10,18H,2-6,11-16H2,1H3. The fourth-order valence-electron chi connectivity index (χ4n) is 3.78. The molecule has 0 N–H and O–H groups in total. The van der Waals surface area contributed by atoms with Gasteiger partial charge in [-0.1, -0.05) is 37.0 Å². The molecule has 2 fully saturated rings. The first-order chi connectivity index (χ1) is 13.0. The first-order valence-corrected chi connectivity index (χ1v) is 11.4. The number of rotatable bonds is 6. The van der Waals surface area contributed by atoms with Gasteiger partial charge in [0, 0.05) is 32.7 Å². The minimum absolute atomic E-state index is 0.0599. The number of hydrogen-bond acceptors (Lipinski definition) is 5. The van der Waals surface area contributed by atoms with Crippen LogP contribution in [0.3, 0.4) is 0 Å². The topological polar surface area (TPSA) is 66.9 Å². The van der Waals surface area contributed by atoms with Crippen molar-refractivity contribution in [1.29, 1.82) is 0 Å². The van der Waals surface area contributed by atoms with E-state index >= 15 is 0 Å². The Morgan fingerprint density at radius 2 is 1.67 bits per heavy atom. The van der Waals surface area contributed by atoms with Crippen LogP contribution in [0.1, 0.15) is 37.7 Å². The quantitative estimate of drug-likeness (QED) is 0.693. The molecule has 0 bridgehead atoms. The summed E-state index contributed by atoms with van der Waals surface area (Å²) < 4.78 is 32.4. The van der Waals surface area contributed by atoms with Gasteiger partial charge < -0.3 is 4.74 Å². The number of sulfonamides is 1. The van der Waals surface area contributed by atoms with Gasteiger partial charge in [-0.05, 0) is 31.9 Å². The van der Waals surface area contributed by atoms with Crippen LogP contribution in [-0.2, 0) is 19.6 Å². The van der Waals surface area contributed by atoms with Crippen LogP contribution in [0.4, 0.5) is 0 Å². The van der Waals surface area contributed by atoms with E-state index in [1.807, 2.05) is 19.1 Å². The highest BCUT2D eigenvalue weighted by Gasteiger charge is 2.28. The van der Waals surface area contributed by atoms with Crippen LogP contribution in [0.5, 0.6) is 0 Å². The number of benzene rings is 1. The zero-order valence-corrected chi connectivity index (χ0v) is 16.9.